The molecule has 0 aliphatic rings. The van der Waals surface area contributed by atoms with E-state index in [1.54, 1.807) is 4.80 Å². The molecule has 186 valence electrons. The van der Waals surface area contributed by atoms with Crippen LogP contribution >= 0.6 is 0 Å². The van der Waals surface area contributed by atoms with Crippen molar-refractivity contribution >= 4 is 11.0 Å². The molecule has 0 bridgehead atoms. The van der Waals surface area contributed by atoms with Crippen molar-refractivity contribution < 1.29 is 9.47 Å². The van der Waals surface area contributed by atoms with Gasteiger partial charge in [0, 0.05) is 0 Å². The zero-order valence-electron chi connectivity index (χ0n) is 22.1. The summed E-state index contributed by atoms with van der Waals surface area (Å²) in [5.41, 5.74) is 4.06. The van der Waals surface area contributed by atoms with E-state index in [2.05, 4.69) is 53.7 Å². The molecule has 0 saturated carbocycles. The highest BCUT2D eigenvalue weighted by Crippen LogP contribution is 2.38. The largest absolute Gasteiger partial charge is 0.465 e. The van der Waals surface area contributed by atoms with Crippen molar-refractivity contribution in [1.29, 1.82) is 0 Å². The number of nitrogens with zero attached hydrogens (tertiary/aromatic N) is 3. The van der Waals surface area contributed by atoms with Gasteiger partial charge in [-0.15, -0.1) is 15.0 Å². The SMILES string of the molecule is CCCCCCCCOCOc1ccc(C(C)(C)CC(C)(C)C)cc1-n1nc2ccccc2n1. The van der Waals surface area contributed by atoms with Gasteiger partial charge in [-0.1, -0.05) is 91.8 Å². The first kappa shape index (κ1) is 26.2. The molecule has 0 fully saturated rings. The van der Waals surface area contributed by atoms with E-state index in [0.717, 1.165) is 41.9 Å². The number of hydrogen-bond acceptors (Lipinski definition) is 4. The fourth-order valence-electron chi connectivity index (χ4n) is 4.76. The second-order valence-electron chi connectivity index (χ2n) is 11.2. The Labute approximate surface area is 205 Å². The number of hydrogen-bond donors (Lipinski definition) is 0. The first-order valence-corrected chi connectivity index (χ1v) is 12.9. The van der Waals surface area contributed by atoms with Crippen LogP contribution in [0, 0.1) is 5.41 Å². The molecule has 0 saturated heterocycles. The summed E-state index contributed by atoms with van der Waals surface area (Å²) in [4.78, 5) is 1.70. The number of fused-ring (bicyclic) bond motifs is 1. The van der Waals surface area contributed by atoms with E-state index in [1.165, 1.54) is 37.7 Å². The second-order valence-corrected chi connectivity index (χ2v) is 11.2. The van der Waals surface area contributed by atoms with E-state index >= 15 is 0 Å². The summed E-state index contributed by atoms with van der Waals surface area (Å²) in [5, 5.41) is 9.44. The standard InChI is InChI=1S/C29H43N3O2/c1-7-8-9-10-11-14-19-33-22-34-27-18-17-23(29(5,6)21-28(2,3)4)20-26(27)32-30-24-15-12-13-16-25(24)31-32/h12-13,15-18,20H,7-11,14,19,21-22H2,1-6H3. The van der Waals surface area contributed by atoms with Gasteiger partial charge in [0.05, 0.1) is 6.61 Å². The molecule has 0 aliphatic heterocycles. The van der Waals surface area contributed by atoms with Crippen molar-refractivity contribution in [2.24, 2.45) is 5.41 Å². The monoisotopic (exact) mass is 465 g/mol. The Balaban J connectivity index is 1.75. The highest BCUT2D eigenvalue weighted by molar-refractivity contribution is 5.73. The van der Waals surface area contributed by atoms with E-state index < -0.39 is 0 Å². The summed E-state index contributed by atoms with van der Waals surface area (Å²) >= 11 is 0. The summed E-state index contributed by atoms with van der Waals surface area (Å²) < 4.78 is 11.9. The maximum absolute atomic E-state index is 6.08. The van der Waals surface area contributed by atoms with Crippen molar-refractivity contribution in [3.05, 3.63) is 48.0 Å². The Morgan fingerprint density at radius 3 is 2.12 bits per heavy atom. The van der Waals surface area contributed by atoms with E-state index in [0.29, 0.717) is 0 Å². The van der Waals surface area contributed by atoms with Crippen LogP contribution in [0.25, 0.3) is 16.7 Å². The van der Waals surface area contributed by atoms with E-state index in [1.807, 2.05) is 30.3 Å². The van der Waals surface area contributed by atoms with Crippen LogP contribution in [0.5, 0.6) is 5.75 Å². The van der Waals surface area contributed by atoms with Crippen LogP contribution in [0.4, 0.5) is 0 Å². The lowest BCUT2D eigenvalue weighted by Gasteiger charge is -2.33. The Kier molecular flexibility index (Phi) is 9.12. The third-order valence-corrected chi connectivity index (χ3v) is 6.15. The number of unbranched alkanes of at least 4 members (excludes halogenated alkanes) is 5. The first-order valence-electron chi connectivity index (χ1n) is 12.9. The van der Waals surface area contributed by atoms with E-state index in [4.69, 9.17) is 19.7 Å². The molecule has 0 atom stereocenters. The third kappa shape index (κ3) is 7.56. The van der Waals surface area contributed by atoms with Crippen LogP contribution < -0.4 is 4.74 Å². The van der Waals surface area contributed by atoms with Crippen molar-refractivity contribution in [3.8, 4) is 11.4 Å². The molecular formula is C29H43N3O2. The minimum Gasteiger partial charge on any atom is -0.465 e. The van der Waals surface area contributed by atoms with Crippen LogP contribution in [0.3, 0.4) is 0 Å². The molecule has 5 nitrogen and oxygen atoms in total. The van der Waals surface area contributed by atoms with Crippen LogP contribution in [-0.4, -0.2) is 28.4 Å². The fourth-order valence-corrected chi connectivity index (χ4v) is 4.76. The molecule has 0 amide bonds. The zero-order valence-corrected chi connectivity index (χ0v) is 22.1. The summed E-state index contributed by atoms with van der Waals surface area (Å²) in [6, 6.07) is 14.3. The van der Waals surface area contributed by atoms with Gasteiger partial charge in [-0.3, -0.25) is 0 Å². The number of rotatable bonds is 13. The predicted octanol–water partition coefficient (Wildman–Crippen LogP) is 7.85. The van der Waals surface area contributed by atoms with Gasteiger partial charge in [0.1, 0.15) is 22.5 Å². The lowest BCUT2D eigenvalue weighted by Crippen LogP contribution is -2.25. The number of ether oxygens (including phenoxy) is 2. The first-order chi connectivity index (χ1) is 16.2. The summed E-state index contributed by atoms with van der Waals surface area (Å²) in [6.07, 6.45) is 8.56. The lowest BCUT2D eigenvalue weighted by atomic mass is 9.72. The maximum atomic E-state index is 6.08. The Morgan fingerprint density at radius 2 is 1.47 bits per heavy atom. The maximum Gasteiger partial charge on any atom is 0.189 e. The van der Waals surface area contributed by atoms with Gasteiger partial charge < -0.3 is 9.47 Å². The minimum absolute atomic E-state index is 0.00633. The Hall–Kier alpha value is -2.40. The molecule has 0 unspecified atom stereocenters. The summed E-state index contributed by atoms with van der Waals surface area (Å²) in [5.74, 6) is 0.735. The molecular weight excluding hydrogens is 422 g/mol. The molecule has 3 rings (SSSR count). The predicted molar refractivity (Wildman–Crippen MR) is 141 cm³/mol. The fraction of sp³-hybridized carbons (Fsp3) is 0.586. The average molecular weight is 466 g/mol. The van der Waals surface area contributed by atoms with E-state index in [9.17, 15) is 0 Å². The number of aromatic nitrogens is 3. The average Bonchev–Trinajstić information content (AvgIpc) is 3.20. The van der Waals surface area contributed by atoms with Crippen LogP contribution in [0.15, 0.2) is 42.5 Å². The van der Waals surface area contributed by atoms with E-state index in [-0.39, 0.29) is 17.6 Å². The van der Waals surface area contributed by atoms with Gasteiger partial charge in [0.2, 0.25) is 0 Å². The molecule has 0 radical (unpaired) electrons. The molecule has 1 heterocycles. The Morgan fingerprint density at radius 1 is 0.824 bits per heavy atom. The number of benzene rings is 2. The lowest BCUT2D eigenvalue weighted by molar-refractivity contribution is 0.0133. The molecule has 3 aromatic rings. The smallest absolute Gasteiger partial charge is 0.189 e. The summed E-state index contributed by atoms with van der Waals surface area (Å²) in [6.45, 7) is 14.7. The third-order valence-electron chi connectivity index (χ3n) is 6.15. The van der Waals surface area contributed by atoms with Crippen molar-refractivity contribution in [1.82, 2.24) is 15.0 Å². The highest BCUT2D eigenvalue weighted by atomic mass is 16.7. The summed E-state index contributed by atoms with van der Waals surface area (Å²) in [7, 11) is 0. The van der Waals surface area contributed by atoms with Crippen LogP contribution in [-0.2, 0) is 10.2 Å². The van der Waals surface area contributed by atoms with Gasteiger partial charge in [0.15, 0.2) is 6.79 Å². The van der Waals surface area contributed by atoms with Crippen LogP contribution in [0.2, 0.25) is 0 Å². The van der Waals surface area contributed by atoms with Gasteiger partial charge in [-0.2, -0.15) is 0 Å². The molecule has 5 heteroatoms. The second kappa shape index (κ2) is 11.8. The van der Waals surface area contributed by atoms with Gasteiger partial charge in [-0.25, -0.2) is 0 Å². The molecule has 1 aromatic heterocycles. The molecule has 0 spiro atoms. The normalized spacial score (nSPS) is 12.4. The van der Waals surface area contributed by atoms with Gasteiger partial charge in [-0.05, 0) is 53.5 Å². The molecule has 0 N–H and O–H groups in total. The van der Waals surface area contributed by atoms with Gasteiger partial charge in [0.25, 0.3) is 0 Å². The van der Waals surface area contributed by atoms with Gasteiger partial charge >= 0.3 is 0 Å². The van der Waals surface area contributed by atoms with Crippen molar-refractivity contribution in [3.63, 3.8) is 0 Å². The molecule has 0 aliphatic carbocycles. The van der Waals surface area contributed by atoms with Crippen LogP contribution in [0.1, 0.15) is 92.1 Å². The van der Waals surface area contributed by atoms with Crippen molar-refractivity contribution in [2.45, 2.75) is 91.9 Å². The van der Waals surface area contributed by atoms with Crippen molar-refractivity contribution in [2.75, 3.05) is 13.4 Å². The molecule has 34 heavy (non-hydrogen) atoms. The highest BCUT2D eigenvalue weighted by Gasteiger charge is 2.28. The molecule has 2 aromatic carbocycles. The Bertz CT molecular complexity index is 1000. The minimum atomic E-state index is 0.00633. The quantitative estimate of drug-likeness (QED) is 0.190. The zero-order chi connectivity index (χ0) is 24.6. The topological polar surface area (TPSA) is 49.2 Å².